The highest BCUT2D eigenvalue weighted by Gasteiger charge is 2.10. The normalized spacial score (nSPS) is 11.9. The second-order valence-corrected chi connectivity index (χ2v) is 5.31. The van der Waals surface area contributed by atoms with Crippen molar-refractivity contribution in [2.75, 3.05) is 6.61 Å². The molecule has 0 aliphatic rings. The van der Waals surface area contributed by atoms with E-state index >= 15 is 0 Å². The molecule has 6 heteroatoms. The molecule has 0 radical (unpaired) electrons. The Morgan fingerprint density at radius 3 is 2.75 bits per heavy atom. The predicted octanol–water partition coefficient (Wildman–Crippen LogP) is 2.44. The number of hydrogen-bond donors (Lipinski definition) is 1. The van der Waals surface area contributed by atoms with Gasteiger partial charge < -0.3 is 14.5 Å². The maximum absolute atomic E-state index is 12.0. The summed E-state index contributed by atoms with van der Waals surface area (Å²) < 4.78 is 10.6. The molecular formula is C18H16N2O4. The Kier molecular flexibility index (Phi) is 4.56. The van der Waals surface area contributed by atoms with Crippen molar-refractivity contribution in [3.05, 3.63) is 70.8 Å². The number of fused-ring (bicyclic) bond motifs is 1. The van der Waals surface area contributed by atoms with Crippen LogP contribution in [0, 0.1) is 0 Å². The van der Waals surface area contributed by atoms with Gasteiger partial charge in [-0.1, -0.05) is 0 Å². The molecule has 2 heterocycles. The van der Waals surface area contributed by atoms with Crippen LogP contribution < -0.4 is 15.7 Å². The van der Waals surface area contributed by atoms with E-state index in [-0.39, 0.29) is 18.6 Å². The average molecular weight is 324 g/mol. The predicted molar refractivity (Wildman–Crippen MR) is 88.8 cm³/mol. The molecule has 1 amide bonds. The van der Waals surface area contributed by atoms with E-state index in [1.807, 2.05) is 19.1 Å². The van der Waals surface area contributed by atoms with Gasteiger partial charge in [0.25, 0.3) is 5.91 Å². The van der Waals surface area contributed by atoms with E-state index in [1.165, 1.54) is 6.07 Å². The average Bonchev–Trinajstić information content (AvgIpc) is 2.60. The summed E-state index contributed by atoms with van der Waals surface area (Å²) in [7, 11) is 0. The van der Waals surface area contributed by atoms with Gasteiger partial charge in [-0.3, -0.25) is 9.78 Å². The Hall–Kier alpha value is -3.15. The molecule has 1 N–H and O–H groups in total. The van der Waals surface area contributed by atoms with Crippen LogP contribution in [0.2, 0.25) is 0 Å². The van der Waals surface area contributed by atoms with Gasteiger partial charge in [0, 0.05) is 29.9 Å². The first-order valence-electron chi connectivity index (χ1n) is 7.48. The van der Waals surface area contributed by atoms with Crippen molar-refractivity contribution in [1.29, 1.82) is 0 Å². The number of carbonyl (C=O) groups excluding carboxylic acids is 1. The van der Waals surface area contributed by atoms with E-state index in [9.17, 15) is 9.59 Å². The van der Waals surface area contributed by atoms with E-state index in [0.717, 1.165) is 10.9 Å². The zero-order valence-corrected chi connectivity index (χ0v) is 13.1. The zero-order valence-electron chi connectivity index (χ0n) is 13.1. The molecular weight excluding hydrogens is 308 g/mol. The third kappa shape index (κ3) is 3.78. The Morgan fingerprint density at radius 1 is 1.21 bits per heavy atom. The Morgan fingerprint density at radius 2 is 1.96 bits per heavy atom. The quantitative estimate of drug-likeness (QED) is 0.729. The van der Waals surface area contributed by atoms with Crippen LogP contribution in [0.15, 0.2) is 64.1 Å². The third-order valence-corrected chi connectivity index (χ3v) is 3.55. The Balaban J connectivity index is 1.61. The van der Waals surface area contributed by atoms with Crippen LogP contribution in [0.4, 0.5) is 0 Å². The summed E-state index contributed by atoms with van der Waals surface area (Å²) >= 11 is 0. The van der Waals surface area contributed by atoms with E-state index in [1.54, 1.807) is 36.7 Å². The standard InChI is InChI=1S/C18H16N2O4/c1-12(13-6-8-19-9-7-13)20-17(21)11-23-15-4-2-14-3-5-18(22)24-16(14)10-15/h2-10,12H,11H2,1H3,(H,20,21). The van der Waals surface area contributed by atoms with E-state index in [4.69, 9.17) is 9.15 Å². The molecule has 3 aromatic rings. The summed E-state index contributed by atoms with van der Waals surface area (Å²) in [6, 6.07) is 11.7. The highest BCUT2D eigenvalue weighted by molar-refractivity contribution is 5.79. The summed E-state index contributed by atoms with van der Waals surface area (Å²) in [5.41, 5.74) is 0.958. The molecule has 1 atom stereocenters. The fourth-order valence-electron chi connectivity index (χ4n) is 2.30. The number of carbonyl (C=O) groups is 1. The lowest BCUT2D eigenvalue weighted by atomic mass is 10.1. The zero-order chi connectivity index (χ0) is 16.9. The minimum Gasteiger partial charge on any atom is -0.484 e. The van der Waals surface area contributed by atoms with Crippen molar-refractivity contribution < 1.29 is 13.9 Å². The highest BCUT2D eigenvalue weighted by Crippen LogP contribution is 2.19. The van der Waals surface area contributed by atoms with Crippen molar-refractivity contribution >= 4 is 16.9 Å². The van der Waals surface area contributed by atoms with Crippen molar-refractivity contribution in [2.45, 2.75) is 13.0 Å². The van der Waals surface area contributed by atoms with Crippen molar-refractivity contribution in [3.63, 3.8) is 0 Å². The Bertz CT molecular complexity index is 906. The van der Waals surface area contributed by atoms with Crippen molar-refractivity contribution in [3.8, 4) is 5.75 Å². The molecule has 2 aromatic heterocycles. The molecule has 3 rings (SSSR count). The number of nitrogens with one attached hydrogen (secondary N) is 1. The summed E-state index contributed by atoms with van der Waals surface area (Å²) in [4.78, 5) is 27.2. The maximum Gasteiger partial charge on any atom is 0.336 e. The smallest absolute Gasteiger partial charge is 0.336 e. The third-order valence-electron chi connectivity index (χ3n) is 3.55. The number of rotatable bonds is 5. The molecule has 0 fully saturated rings. The fraction of sp³-hybridized carbons (Fsp3) is 0.167. The molecule has 0 saturated carbocycles. The monoisotopic (exact) mass is 324 g/mol. The Labute approximate surface area is 138 Å². The molecule has 0 saturated heterocycles. The van der Waals surface area contributed by atoms with Crippen LogP contribution in [0.5, 0.6) is 5.75 Å². The molecule has 1 aromatic carbocycles. The van der Waals surface area contributed by atoms with Gasteiger partial charge in [-0.05, 0) is 42.8 Å². The molecule has 0 aliphatic heterocycles. The SMILES string of the molecule is CC(NC(=O)COc1ccc2ccc(=O)oc2c1)c1ccncc1. The first kappa shape index (κ1) is 15.7. The fourth-order valence-corrected chi connectivity index (χ4v) is 2.30. The van der Waals surface area contributed by atoms with Gasteiger partial charge in [-0.2, -0.15) is 0 Å². The summed E-state index contributed by atoms with van der Waals surface area (Å²) in [5, 5.41) is 3.64. The number of benzene rings is 1. The number of amides is 1. The van der Waals surface area contributed by atoms with Crippen LogP contribution in [0.25, 0.3) is 11.0 Å². The van der Waals surface area contributed by atoms with Gasteiger partial charge in [0.15, 0.2) is 6.61 Å². The lowest BCUT2D eigenvalue weighted by molar-refractivity contribution is -0.123. The number of pyridine rings is 1. The van der Waals surface area contributed by atoms with Crippen LogP contribution in [-0.2, 0) is 4.79 Å². The first-order valence-corrected chi connectivity index (χ1v) is 7.48. The molecule has 1 unspecified atom stereocenters. The van der Waals surface area contributed by atoms with E-state index < -0.39 is 5.63 Å². The largest absolute Gasteiger partial charge is 0.484 e. The van der Waals surface area contributed by atoms with Gasteiger partial charge >= 0.3 is 5.63 Å². The maximum atomic E-state index is 12.0. The van der Waals surface area contributed by atoms with Crippen LogP contribution in [0.1, 0.15) is 18.5 Å². The molecule has 0 bridgehead atoms. The number of ether oxygens (including phenoxy) is 1. The lowest BCUT2D eigenvalue weighted by Gasteiger charge is -2.14. The van der Waals surface area contributed by atoms with Gasteiger partial charge in [-0.25, -0.2) is 4.79 Å². The van der Waals surface area contributed by atoms with Crippen LogP contribution >= 0.6 is 0 Å². The van der Waals surface area contributed by atoms with Gasteiger partial charge in [0.2, 0.25) is 0 Å². The van der Waals surface area contributed by atoms with Gasteiger partial charge in [0.05, 0.1) is 6.04 Å². The van der Waals surface area contributed by atoms with Crippen molar-refractivity contribution in [2.24, 2.45) is 0 Å². The molecule has 122 valence electrons. The number of hydrogen-bond acceptors (Lipinski definition) is 5. The topological polar surface area (TPSA) is 81.4 Å². The van der Waals surface area contributed by atoms with E-state index in [2.05, 4.69) is 10.3 Å². The van der Waals surface area contributed by atoms with Crippen LogP contribution in [0.3, 0.4) is 0 Å². The van der Waals surface area contributed by atoms with Gasteiger partial charge in [0.1, 0.15) is 11.3 Å². The van der Waals surface area contributed by atoms with Gasteiger partial charge in [-0.15, -0.1) is 0 Å². The molecule has 24 heavy (non-hydrogen) atoms. The van der Waals surface area contributed by atoms with E-state index in [0.29, 0.717) is 11.3 Å². The molecule has 0 aliphatic carbocycles. The second-order valence-electron chi connectivity index (χ2n) is 5.31. The van der Waals surface area contributed by atoms with Crippen molar-refractivity contribution in [1.82, 2.24) is 10.3 Å². The minimum absolute atomic E-state index is 0.127. The number of nitrogens with zero attached hydrogens (tertiary/aromatic N) is 1. The highest BCUT2D eigenvalue weighted by atomic mass is 16.5. The number of aromatic nitrogens is 1. The first-order chi connectivity index (χ1) is 11.6. The molecule has 6 nitrogen and oxygen atoms in total. The summed E-state index contributed by atoms with van der Waals surface area (Å²) in [6.45, 7) is 1.76. The lowest BCUT2D eigenvalue weighted by Crippen LogP contribution is -2.31. The van der Waals surface area contributed by atoms with Crippen LogP contribution in [-0.4, -0.2) is 17.5 Å². The summed E-state index contributed by atoms with van der Waals surface area (Å²) in [6.07, 6.45) is 3.36. The minimum atomic E-state index is -0.427. The molecule has 0 spiro atoms. The second kappa shape index (κ2) is 6.95. The summed E-state index contributed by atoms with van der Waals surface area (Å²) in [5.74, 6) is 0.220.